The van der Waals surface area contributed by atoms with Crippen LogP contribution in [0.15, 0.2) is 66.2 Å². The van der Waals surface area contributed by atoms with E-state index in [1.165, 1.54) is 13.2 Å². The van der Waals surface area contributed by atoms with Gasteiger partial charge >= 0.3 is 0 Å². The minimum atomic E-state index is -0.506. The summed E-state index contributed by atoms with van der Waals surface area (Å²) in [5.74, 6) is -0.0819. The Labute approximate surface area is 205 Å². The molecule has 0 unspecified atom stereocenters. The highest BCUT2D eigenvalue weighted by Gasteiger charge is 2.13. The van der Waals surface area contributed by atoms with E-state index >= 15 is 0 Å². The van der Waals surface area contributed by atoms with Crippen LogP contribution in [0, 0.1) is 32.1 Å². The molecule has 178 valence electrons. The third-order valence-electron chi connectivity index (χ3n) is 5.17. The van der Waals surface area contributed by atoms with E-state index in [2.05, 4.69) is 10.6 Å². The van der Waals surface area contributed by atoms with Gasteiger partial charge in [0.2, 0.25) is 0 Å². The Morgan fingerprint density at radius 2 is 1.71 bits per heavy atom. The second kappa shape index (κ2) is 11.5. The van der Waals surface area contributed by atoms with Gasteiger partial charge in [-0.15, -0.1) is 0 Å². The zero-order valence-corrected chi connectivity index (χ0v) is 20.1. The zero-order valence-electron chi connectivity index (χ0n) is 20.1. The summed E-state index contributed by atoms with van der Waals surface area (Å²) in [5, 5.41) is 15.1. The fraction of sp³-hybridized carbons (Fsp3) is 0.179. The van der Waals surface area contributed by atoms with Crippen LogP contribution in [-0.4, -0.2) is 25.5 Å². The SMILES string of the molecule is COc1cc(/C=C(\C#N)C(=O)Nc2cc(C)ccc2C)ccc1OCC(=O)Nc1cccc(C)c1. The number of carbonyl (C=O) groups is 2. The molecule has 0 spiro atoms. The van der Waals surface area contributed by atoms with Gasteiger partial charge in [-0.05, 0) is 79.4 Å². The van der Waals surface area contributed by atoms with Crippen molar-refractivity contribution in [3.63, 3.8) is 0 Å². The van der Waals surface area contributed by atoms with E-state index in [1.54, 1.807) is 24.3 Å². The molecule has 0 fully saturated rings. The predicted molar refractivity (Wildman–Crippen MR) is 136 cm³/mol. The molecule has 7 nitrogen and oxygen atoms in total. The van der Waals surface area contributed by atoms with E-state index in [1.807, 2.05) is 63.2 Å². The lowest BCUT2D eigenvalue weighted by molar-refractivity contribution is -0.118. The summed E-state index contributed by atoms with van der Waals surface area (Å²) in [4.78, 5) is 24.9. The Morgan fingerprint density at radius 1 is 0.943 bits per heavy atom. The van der Waals surface area contributed by atoms with Crippen molar-refractivity contribution in [1.29, 1.82) is 5.26 Å². The van der Waals surface area contributed by atoms with Gasteiger partial charge in [0.1, 0.15) is 11.6 Å². The number of hydrogen-bond acceptors (Lipinski definition) is 5. The average Bonchev–Trinajstić information content (AvgIpc) is 2.83. The topological polar surface area (TPSA) is 100 Å². The highest BCUT2D eigenvalue weighted by molar-refractivity contribution is 6.10. The Morgan fingerprint density at radius 3 is 2.43 bits per heavy atom. The largest absolute Gasteiger partial charge is 0.493 e. The van der Waals surface area contributed by atoms with Crippen molar-refractivity contribution in [2.24, 2.45) is 0 Å². The molecule has 0 radical (unpaired) electrons. The lowest BCUT2D eigenvalue weighted by Crippen LogP contribution is -2.20. The normalized spacial score (nSPS) is 10.8. The van der Waals surface area contributed by atoms with E-state index in [-0.39, 0.29) is 18.1 Å². The minimum absolute atomic E-state index is 0.0563. The zero-order chi connectivity index (χ0) is 25.4. The van der Waals surface area contributed by atoms with Crippen molar-refractivity contribution < 1.29 is 19.1 Å². The highest BCUT2D eigenvalue weighted by atomic mass is 16.5. The molecule has 0 aliphatic rings. The van der Waals surface area contributed by atoms with Gasteiger partial charge in [0.25, 0.3) is 11.8 Å². The summed E-state index contributed by atoms with van der Waals surface area (Å²) >= 11 is 0. The van der Waals surface area contributed by atoms with E-state index in [0.717, 1.165) is 16.7 Å². The Hall–Kier alpha value is -4.57. The molecule has 3 aromatic rings. The van der Waals surface area contributed by atoms with Crippen molar-refractivity contribution in [3.8, 4) is 17.6 Å². The molecule has 3 aromatic carbocycles. The summed E-state index contributed by atoms with van der Waals surface area (Å²) in [6.07, 6.45) is 1.47. The van der Waals surface area contributed by atoms with Crippen molar-refractivity contribution in [3.05, 3.63) is 88.5 Å². The van der Waals surface area contributed by atoms with Gasteiger partial charge in [-0.2, -0.15) is 5.26 Å². The summed E-state index contributed by atoms with van der Waals surface area (Å²) in [6.45, 7) is 5.55. The highest BCUT2D eigenvalue weighted by Crippen LogP contribution is 2.29. The number of aryl methyl sites for hydroxylation is 3. The first-order valence-electron chi connectivity index (χ1n) is 11.0. The van der Waals surface area contributed by atoms with Crippen molar-refractivity contribution in [2.75, 3.05) is 24.4 Å². The predicted octanol–water partition coefficient (Wildman–Crippen LogP) is 5.18. The van der Waals surface area contributed by atoms with Crippen LogP contribution in [0.4, 0.5) is 11.4 Å². The first-order valence-corrected chi connectivity index (χ1v) is 11.0. The van der Waals surface area contributed by atoms with Crippen LogP contribution in [0.1, 0.15) is 22.3 Å². The quantitative estimate of drug-likeness (QED) is 0.350. The number of benzene rings is 3. The maximum Gasteiger partial charge on any atom is 0.266 e. The fourth-order valence-electron chi connectivity index (χ4n) is 3.33. The molecule has 2 amide bonds. The summed E-state index contributed by atoms with van der Waals surface area (Å²) in [6, 6.07) is 20.1. The average molecular weight is 470 g/mol. The molecule has 0 saturated heterocycles. The molecular weight excluding hydrogens is 442 g/mol. The molecule has 0 atom stereocenters. The number of anilines is 2. The van der Waals surface area contributed by atoms with Gasteiger partial charge in [-0.1, -0.05) is 30.3 Å². The van der Waals surface area contributed by atoms with E-state index in [4.69, 9.17) is 9.47 Å². The molecule has 2 N–H and O–H groups in total. The first-order chi connectivity index (χ1) is 16.8. The summed E-state index contributed by atoms with van der Waals surface area (Å²) < 4.78 is 11.0. The molecule has 0 heterocycles. The van der Waals surface area contributed by atoms with Gasteiger partial charge in [-0.25, -0.2) is 0 Å². The standard InChI is InChI=1S/C28H27N3O4/c1-18-6-5-7-23(12-18)30-27(32)17-35-25-11-10-21(15-26(25)34-4)14-22(16-29)28(33)31-24-13-19(2)8-9-20(24)3/h5-15H,17H2,1-4H3,(H,30,32)(H,31,33)/b22-14+. The van der Waals surface area contributed by atoms with Crippen LogP contribution in [0.5, 0.6) is 11.5 Å². The van der Waals surface area contributed by atoms with E-state index < -0.39 is 5.91 Å². The number of nitrogens with zero attached hydrogens (tertiary/aromatic N) is 1. The first kappa shape index (κ1) is 25.1. The summed E-state index contributed by atoms with van der Waals surface area (Å²) in [5.41, 5.74) is 4.80. The van der Waals surface area contributed by atoms with Crippen LogP contribution in [0.3, 0.4) is 0 Å². The van der Waals surface area contributed by atoms with Gasteiger partial charge < -0.3 is 20.1 Å². The van der Waals surface area contributed by atoms with E-state index in [9.17, 15) is 14.9 Å². The van der Waals surface area contributed by atoms with Gasteiger partial charge in [-0.3, -0.25) is 9.59 Å². The number of ether oxygens (including phenoxy) is 2. The molecule has 7 heteroatoms. The number of methoxy groups -OCH3 is 1. The Kier molecular flexibility index (Phi) is 8.25. The van der Waals surface area contributed by atoms with Crippen LogP contribution >= 0.6 is 0 Å². The van der Waals surface area contributed by atoms with Crippen LogP contribution in [-0.2, 0) is 9.59 Å². The minimum Gasteiger partial charge on any atom is -0.493 e. The van der Waals surface area contributed by atoms with Crippen molar-refractivity contribution in [1.82, 2.24) is 0 Å². The number of nitrogens with one attached hydrogen (secondary N) is 2. The number of hydrogen-bond donors (Lipinski definition) is 2. The monoisotopic (exact) mass is 469 g/mol. The molecule has 0 aliphatic heterocycles. The summed E-state index contributed by atoms with van der Waals surface area (Å²) in [7, 11) is 1.47. The third kappa shape index (κ3) is 6.95. The van der Waals surface area contributed by atoms with Gasteiger partial charge in [0.15, 0.2) is 18.1 Å². The molecule has 35 heavy (non-hydrogen) atoms. The number of nitriles is 1. The van der Waals surface area contributed by atoms with Gasteiger partial charge in [0.05, 0.1) is 7.11 Å². The second-order valence-corrected chi connectivity index (χ2v) is 8.06. The second-order valence-electron chi connectivity index (χ2n) is 8.06. The van der Waals surface area contributed by atoms with Gasteiger partial charge in [0, 0.05) is 11.4 Å². The van der Waals surface area contributed by atoms with Crippen LogP contribution in [0.2, 0.25) is 0 Å². The Balaban J connectivity index is 1.70. The third-order valence-corrected chi connectivity index (χ3v) is 5.17. The number of carbonyl (C=O) groups excluding carboxylic acids is 2. The molecule has 3 rings (SSSR count). The van der Waals surface area contributed by atoms with E-state index in [0.29, 0.717) is 28.4 Å². The molecule has 0 bridgehead atoms. The number of amides is 2. The lowest BCUT2D eigenvalue weighted by Gasteiger charge is -2.12. The number of rotatable bonds is 8. The maximum atomic E-state index is 12.7. The van der Waals surface area contributed by atoms with Crippen LogP contribution < -0.4 is 20.1 Å². The molecule has 0 aliphatic carbocycles. The smallest absolute Gasteiger partial charge is 0.266 e. The van der Waals surface area contributed by atoms with Crippen molar-refractivity contribution >= 4 is 29.3 Å². The maximum absolute atomic E-state index is 12.7. The Bertz CT molecular complexity index is 1320. The molecule has 0 saturated carbocycles. The van der Waals surface area contributed by atoms with Crippen LogP contribution in [0.25, 0.3) is 6.08 Å². The molecule has 0 aromatic heterocycles. The fourth-order valence-corrected chi connectivity index (χ4v) is 3.33. The lowest BCUT2D eigenvalue weighted by atomic mass is 10.1. The van der Waals surface area contributed by atoms with Crippen molar-refractivity contribution in [2.45, 2.75) is 20.8 Å². The molecular formula is C28H27N3O4.